The molecule has 4 rings (SSSR count). The molecule has 26 heavy (non-hydrogen) atoms. The Bertz CT molecular complexity index is 878. The van der Waals surface area contributed by atoms with Crippen molar-refractivity contribution in [2.24, 2.45) is 5.73 Å². The molecule has 0 bridgehead atoms. The van der Waals surface area contributed by atoms with Crippen molar-refractivity contribution in [3.63, 3.8) is 0 Å². The highest BCUT2D eigenvalue weighted by molar-refractivity contribution is 5.86. The van der Waals surface area contributed by atoms with Gasteiger partial charge in [0.1, 0.15) is 11.6 Å². The lowest BCUT2D eigenvalue weighted by Crippen LogP contribution is -2.24. The molecule has 1 atom stereocenters. The fourth-order valence-corrected chi connectivity index (χ4v) is 4.05. The normalized spacial score (nSPS) is 19.2. The highest BCUT2D eigenvalue weighted by Crippen LogP contribution is 2.45. The van der Waals surface area contributed by atoms with Gasteiger partial charge in [0.2, 0.25) is 0 Å². The van der Waals surface area contributed by atoms with E-state index < -0.39 is 0 Å². The summed E-state index contributed by atoms with van der Waals surface area (Å²) in [6.45, 7) is 4.98. The van der Waals surface area contributed by atoms with E-state index in [2.05, 4.69) is 17.1 Å². The maximum absolute atomic E-state index is 14.7. The van der Waals surface area contributed by atoms with Gasteiger partial charge in [0.05, 0.1) is 24.4 Å². The smallest absolute Gasteiger partial charge is 0.134 e. The molecule has 0 saturated carbocycles. The third kappa shape index (κ3) is 2.68. The Kier molecular flexibility index (Phi) is 4.42. The van der Waals surface area contributed by atoms with Crippen LogP contribution in [-0.4, -0.2) is 31.6 Å². The lowest BCUT2D eigenvalue weighted by atomic mass is 9.89. The van der Waals surface area contributed by atoms with Crippen LogP contribution in [0, 0.1) is 5.82 Å². The van der Waals surface area contributed by atoms with E-state index in [0.717, 1.165) is 48.6 Å². The van der Waals surface area contributed by atoms with Crippen molar-refractivity contribution in [3.8, 4) is 16.9 Å². The number of para-hydroxylation sites is 1. The van der Waals surface area contributed by atoms with E-state index in [1.807, 2.05) is 18.2 Å². The Balaban J connectivity index is 1.80. The number of methoxy groups -OCH3 is 1. The second-order valence-electron chi connectivity index (χ2n) is 6.90. The molecule has 136 valence electrons. The Hall–Kier alpha value is -2.37. The van der Waals surface area contributed by atoms with Crippen LogP contribution in [0.3, 0.4) is 0 Å². The van der Waals surface area contributed by atoms with Gasteiger partial charge in [-0.3, -0.25) is 4.90 Å². The molecular formula is C21H24FN3O. The number of ether oxygens (including phenoxy) is 1. The summed E-state index contributed by atoms with van der Waals surface area (Å²) in [4.78, 5) is 2.40. The van der Waals surface area contributed by atoms with Crippen LogP contribution in [0.2, 0.25) is 0 Å². The number of rotatable bonds is 4. The molecule has 0 aromatic heterocycles. The molecule has 2 heterocycles. The molecule has 5 heteroatoms. The molecule has 2 aliphatic rings. The van der Waals surface area contributed by atoms with Crippen LogP contribution >= 0.6 is 0 Å². The lowest BCUT2D eigenvalue weighted by molar-refractivity contribution is 0.343. The Morgan fingerprint density at radius 1 is 1.23 bits per heavy atom. The minimum Gasteiger partial charge on any atom is -0.496 e. The van der Waals surface area contributed by atoms with E-state index in [9.17, 15) is 4.39 Å². The first-order valence-electron chi connectivity index (χ1n) is 9.06. The summed E-state index contributed by atoms with van der Waals surface area (Å²) in [5.74, 6) is 0.222. The summed E-state index contributed by atoms with van der Waals surface area (Å²) < 4.78 is 20.1. The zero-order valence-corrected chi connectivity index (χ0v) is 15.2. The quantitative estimate of drug-likeness (QED) is 0.875. The number of nitrogens with one attached hydrogen (secondary N) is 1. The molecule has 4 nitrogen and oxygen atoms in total. The summed E-state index contributed by atoms with van der Waals surface area (Å²) in [7, 11) is 1.56. The molecular weight excluding hydrogens is 329 g/mol. The predicted molar refractivity (Wildman–Crippen MR) is 103 cm³/mol. The number of hydrogen-bond donors (Lipinski definition) is 2. The molecule has 2 aromatic carbocycles. The van der Waals surface area contributed by atoms with E-state index in [1.54, 1.807) is 19.2 Å². The van der Waals surface area contributed by atoms with E-state index >= 15 is 0 Å². The average Bonchev–Trinajstić information content (AvgIpc) is 3.05. The molecule has 0 amide bonds. The molecule has 0 spiro atoms. The zero-order valence-electron chi connectivity index (χ0n) is 15.2. The maximum Gasteiger partial charge on any atom is 0.134 e. The van der Waals surface area contributed by atoms with Gasteiger partial charge in [-0.25, -0.2) is 4.39 Å². The van der Waals surface area contributed by atoms with Gasteiger partial charge in [0.25, 0.3) is 0 Å². The Morgan fingerprint density at radius 2 is 2.04 bits per heavy atom. The van der Waals surface area contributed by atoms with Gasteiger partial charge in [0, 0.05) is 24.4 Å². The monoisotopic (exact) mass is 353 g/mol. The molecule has 0 aliphatic carbocycles. The SMILES string of the molecule is CCCN1CC2=C(C1)C(N)c1cccc(-c3c(F)cccc3OC)c1N2. The lowest BCUT2D eigenvalue weighted by Gasteiger charge is -2.28. The fourth-order valence-electron chi connectivity index (χ4n) is 4.05. The van der Waals surface area contributed by atoms with Crippen molar-refractivity contribution in [1.82, 2.24) is 4.90 Å². The highest BCUT2D eigenvalue weighted by atomic mass is 19.1. The standard InChI is InChI=1S/C21H24FN3O/c1-3-10-25-11-15-17(12-25)24-21-13(6-4-7-14(21)20(15)23)19-16(22)8-5-9-18(19)26-2/h4-9,20,24H,3,10-12,23H2,1-2H3. The molecule has 0 radical (unpaired) electrons. The summed E-state index contributed by atoms with van der Waals surface area (Å²) in [6, 6.07) is 10.6. The van der Waals surface area contributed by atoms with Gasteiger partial charge >= 0.3 is 0 Å². The summed E-state index contributed by atoms with van der Waals surface area (Å²) in [5, 5.41) is 3.56. The number of benzene rings is 2. The number of hydrogen-bond acceptors (Lipinski definition) is 4. The van der Waals surface area contributed by atoms with E-state index in [1.165, 1.54) is 11.6 Å². The van der Waals surface area contributed by atoms with Gasteiger partial charge < -0.3 is 15.8 Å². The molecule has 2 aromatic rings. The number of nitrogens with zero attached hydrogens (tertiary/aromatic N) is 1. The van der Waals surface area contributed by atoms with Crippen LogP contribution in [0.25, 0.3) is 11.1 Å². The molecule has 0 saturated heterocycles. The largest absolute Gasteiger partial charge is 0.496 e. The van der Waals surface area contributed by atoms with Gasteiger partial charge in [-0.15, -0.1) is 0 Å². The van der Waals surface area contributed by atoms with E-state index in [-0.39, 0.29) is 11.9 Å². The van der Waals surface area contributed by atoms with Crippen molar-refractivity contribution in [2.75, 3.05) is 32.1 Å². The summed E-state index contributed by atoms with van der Waals surface area (Å²) >= 11 is 0. The predicted octanol–water partition coefficient (Wildman–Crippen LogP) is 3.91. The van der Waals surface area contributed by atoms with Crippen LogP contribution in [0.5, 0.6) is 5.75 Å². The molecule has 3 N–H and O–H groups in total. The molecule has 1 unspecified atom stereocenters. The fraction of sp³-hybridized carbons (Fsp3) is 0.333. The van der Waals surface area contributed by atoms with E-state index in [0.29, 0.717) is 11.3 Å². The van der Waals surface area contributed by atoms with Gasteiger partial charge in [-0.1, -0.05) is 31.2 Å². The summed E-state index contributed by atoms with van der Waals surface area (Å²) in [5.41, 5.74) is 12.1. The van der Waals surface area contributed by atoms with Gasteiger partial charge in [-0.2, -0.15) is 0 Å². The number of fused-ring (bicyclic) bond motifs is 1. The third-order valence-corrected chi connectivity index (χ3v) is 5.25. The van der Waals surface area contributed by atoms with Crippen LogP contribution in [-0.2, 0) is 0 Å². The topological polar surface area (TPSA) is 50.5 Å². The van der Waals surface area contributed by atoms with Gasteiger partial charge in [0.15, 0.2) is 0 Å². The van der Waals surface area contributed by atoms with Crippen molar-refractivity contribution >= 4 is 5.69 Å². The maximum atomic E-state index is 14.7. The van der Waals surface area contributed by atoms with Crippen LogP contribution in [0.1, 0.15) is 24.9 Å². The first kappa shape index (κ1) is 17.1. The van der Waals surface area contributed by atoms with Crippen LogP contribution in [0.15, 0.2) is 47.7 Å². The Morgan fingerprint density at radius 3 is 2.81 bits per heavy atom. The third-order valence-electron chi connectivity index (χ3n) is 5.25. The van der Waals surface area contributed by atoms with Gasteiger partial charge in [-0.05, 0) is 36.2 Å². The highest BCUT2D eigenvalue weighted by Gasteiger charge is 2.33. The first-order chi connectivity index (χ1) is 12.6. The number of halogens is 1. The average molecular weight is 353 g/mol. The van der Waals surface area contributed by atoms with Crippen LogP contribution < -0.4 is 15.8 Å². The second-order valence-corrected chi connectivity index (χ2v) is 6.90. The zero-order chi connectivity index (χ0) is 18.3. The van der Waals surface area contributed by atoms with Crippen molar-refractivity contribution < 1.29 is 9.13 Å². The summed E-state index contributed by atoms with van der Waals surface area (Å²) in [6.07, 6.45) is 1.11. The van der Waals surface area contributed by atoms with Crippen molar-refractivity contribution in [2.45, 2.75) is 19.4 Å². The van der Waals surface area contributed by atoms with E-state index in [4.69, 9.17) is 10.5 Å². The first-order valence-corrected chi connectivity index (χ1v) is 9.06. The van der Waals surface area contributed by atoms with Crippen LogP contribution in [0.4, 0.5) is 10.1 Å². The molecule has 0 fully saturated rings. The minimum atomic E-state index is -0.299. The van der Waals surface area contributed by atoms with Crippen molar-refractivity contribution in [3.05, 3.63) is 59.0 Å². The minimum absolute atomic E-state index is 0.166. The number of nitrogens with two attached hydrogens (primary N) is 1. The Labute approximate surface area is 153 Å². The molecule has 2 aliphatic heterocycles. The second kappa shape index (κ2) is 6.74. The number of anilines is 1. The van der Waals surface area contributed by atoms with Crippen molar-refractivity contribution in [1.29, 1.82) is 0 Å².